The summed E-state index contributed by atoms with van der Waals surface area (Å²) in [7, 11) is 1.64. The van der Waals surface area contributed by atoms with Crippen LogP contribution in [0.25, 0.3) is 0 Å². The second kappa shape index (κ2) is 16.0. The Morgan fingerprint density at radius 2 is 1.93 bits per heavy atom. The number of aromatic nitrogens is 2. The van der Waals surface area contributed by atoms with E-state index in [1.54, 1.807) is 7.11 Å². The van der Waals surface area contributed by atoms with Gasteiger partial charge in [-0.15, -0.1) is 0 Å². The molecule has 45 heavy (non-hydrogen) atoms. The average Bonchev–Trinajstić information content (AvgIpc) is 3.91. The number of piperazine rings is 1. The number of carbonyl (C=O) groups is 2. The molecule has 240 valence electrons. The normalized spacial score (nSPS) is 16.5. The number of hydrogen-bond acceptors (Lipinski definition) is 9. The molecule has 0 unspecified atom stereocenters. The van der Waals surface area contributed by atoms with E-state index in [4.69, 9.17) is 25.8 Å². The molecule has 11 nitrogen and oxygen atoms in total. The summed E-state index contributed by atoms with van der Waals surface area (Å²) in [5, 5.41) is 7.05. The van der Waals surface area contributed by atoms with Gasteiger partial charge in [0.1, 0.15) is 11.8 Å². The smallest absolute Gasteiger partial charge is 0.316 e. The van der Waals surface area contributed by atoms with Gasteiger partial charge in [-0.25, -0.2) is 9.97 Å². The largest absolute Gasteiger partial charge is 0.496 e. The van der Waals surface area contributed by atoms with E-state index in [2.05, 4.69) is 33.6 Å². The van der Waals surface area contributed by atoms with Crippen molar-refractivity contribution in [3.8, 4) is 11.8 Å². The zero-order valence-corrected chi connectivity index (χ0v) is 26.6. The van der Waals surface area contributed by atoms with E-state index in [0.29, 0.717) is 50.0 Å². The highest BCUT2D eigenvalue weighted by Gasteiger charge is 2.41. The van der Waals surface area contributed by atoms with Gasteiger partial charge in [-0.1, -0.05) is 48.9 Å². The Bertz CT molecular complexity index is 1440. The van der Waals surface area contributed by atoms with Crippen LogP contribution in [-0.2, 0) is 34.0 Å². The second-order valence-electron chi connectivity index (χ2n) is 11.1. The van der Waals surface area contributed by atoms with E-state index in [9.17, 15) is 9.59 Å². The lowest BCUT2D eigenvalue weighted by Crippen LogP contribution is -2.61. The zero-order chi connectivity index (χ0) is 31.6. The van der Waals surface area contributed by atoms with Gasteiger partial charge in [0, 0.05) is 42.7 Å². The van der Waals surface area contributed by atoms with Crippen LogP contribution in [0.4, 0.5) is 5.69 Å². The van der Waals surface area contributed by atoms with E-state index in [-0.39, 0.29) is 30.4 Å². The molecule has 12 heteroatoms. The van der Waals surface area contributed by atoms with Gasteiger partial charge in [-0.2, -0.15) is 0 Å². The Balaban J connectivity index is 1.18. The minimum absolute atomic E-state index is 0.121. The summed E-state index contributed by atoms with van der Waals surface area (Å²) >= 11 is 6.57. The van der Waals surface area contributed by atoms with Crippen molar-refractivity contribution in [2.75, 3.05) is 44.9 Å². The van der Waals surface area contributed by atoms with Crippen molar-refractivity contribution in [1.29, 1.82) is 0 Å². The first-order chi connectivity index (χ1) is 22.0. The third kappa shape index (κ3) is 8.70. The highest BCUT2D eigenvalue weighted by Crippen LogP contribution is 2.32. The van der Waals surface area contributed by atoms with E-state index in [1.165, 1.54) is 17.3 Å². The molecule has 3 aromatic rings. The van der Waals surface area contributed by atoms with Crippen molar-refractivity contribution < 1.29 is 23.8 Å². The highest BCUT2D eigenvalue weighted by molar-refractivity contribution is 6.31. The summed E-state index contributed by atoms with van der Waals surface area (Å²) < 4.78 is 16.8. The summed E-state index contributed by atoms with van der Waals surface area (Å²) in [4.78, 5) is 39.2. The maximum absolute atomic E-state index is 14.1. The quantitative estimate of drug-likeness (QED) is 0.227. The van der Waals surface area contributed by atoms with Gasteiger partial charge in [-0.3, -0.25) is 14.5 Å². The van der Waals surface area contributed by atoms with Crippen molar-refractivity contribution in [3.63, 3.8) is 0 Å². The summed E-state index contributed by atoms with van der Waals surface area (Å²) in [6.45, 7) is 5.79. The molecule has 2 N–H and O–H groups in total. The fraction of sp³-hybridized carbons (Fsp3) is 0.455. The summed E-state index contributed by atoms with van der Waals surface area (Å²) in [6.07, 6.45) is 5.57. The lowest BCUT2D eigenvalue weighted by molar-refractivity contribution is -0.136. The molecule has 2 aliphatic rings. The third-order valence-electron chi connectivity index (χ3n) is 7.79. The fourth-order valence-corrected chi connectivity index (χ4v) is 5.48. The average molecular weight is 637 g/mol. The molecule has 1 aliphatic carbocycles. The van der Waals surface area contributed by atoms with Crippen molar-refractivity contribution >= 4 is 29.1 Å². The van der Waals surface area contributed by atoms with Crippen LogP contribution in [-0.4, -0.2) is 78.7 Å². The topological polar surface area (TPSA) is 118 Å². The van der Waals surface area contributed by atoms with Crippen LogP contribution in [0.2, 0.25) is 5.02 Å². The van der Waals surface area contributed by atoms with Crippen molar-refractivity contribution in [1.82, 2.24) is 25.5 Å². The number of nitrogens with zero attached hydrogens (tertiary/aromatic N) is 4. The third-order valence-corrected chi connectivity index (χ3v) is 8.16. The molecule has 1 saturated heterocycles. The Labute approximate surface area is 269 Å². The summed E-state index contributed by atoms with van der Waals surface area (Å²) in [5.41, 5.74) is 3.44. The first-order valence-electron chi connectivity index (χ1n) is 15.4. The van der Waals surface area contributed by atoms with Gasteiger partial charge in [0.25, 0.3) is 0 Å². The van der Waals surface area contributed by atoms with Gasteiger partial charge >= 0.3 is 6.01 Å². The van der Waals surface area contributed by atoms with Crippen LogP contribution in [0, 0.1) is 0 Å². The standard InChI is InChI=1S/C33H41ClN6O5/c1-3-35-16-23-9-12-28(34)25(15-23)21-39(26-10-11-26)32(42)29-19-36-20-31(41)40(29)27-17-37-33(38-18-27)45-14-6-13-44-22-24-7-4-5-8-30(24)43-2/h4-5,7-9,12,15,17-18,26,29,35-36H,3,6,10-11,13-14,16,19-22H2,1-2H3/t29-/m1/s1. The van der Waals surface area contributed by atoms with Gasteiger partial charge in [0.15, 0.2) is 0 Å². The fourth-order valence-electron chi connectivity index (χ4n) is 5.30. The molecular weight excluding hydrogens is 596 g/mol. The molecule has 2 amide bonds. The van der Waals surface area contributed by atoms with E-state index < -0.39 is 6.04 Å². The Morgan fingerprint density at radius 1 is 1.13 bits per heavy atom. The van der Waals surface area contributed by atoms with Crippen LogP contribution < -0.4 is 25.0 Å². The minimum Gasteiger partial charge on any atom is -0.496 e. The molecule has 0 bridgehead atoms. The zero-order valence-electron chi connectivity index (χ0n) is 25.8. The van der Waals surface area contributed by atoms with Crippen LogP contribution in [0.5, 0.6) is 11.8 Å². The molecule has 0 spiro atoms. The molecule has 1 aliphatic heterocycles. The first-order valence-corrected chi connectivity index (χ1v) is 15.8. The van der Waals surface area contributed by atoms with E-state index in [1.807, 2.05) is 41.3 Å². The number of nitrogens with one attached hydrogen (secondary N) is 2. The number of hydrogen-bond donors (Lipinski definition) is 2. The van der Waals surface area contributed by atoms with Crippen LogP contribution >= 0.6 is 11.6 Å². The molecule has 2 heterocycles. The number of amides is 2. The number of benzene rings is 2. The molecule has 0 radical (unpaired) electrons. The van der Waals surface area contributed by atoms with Crippen LogP contribution in [0.15, 0.2) is 54.9 Å². The van der Waals surface area contributed by atoms with Crippen molar-refractivity contribution in [2.24, 2.45) is 0 Å². The lowest BCUT2D eigenvalue weighted by Gasteiger charge is -2.38. The number of carbonyl (C=O) groups excluding carboxylic acids is 2. The second-order valence-corrected chi connectivity index (χ2v) is 11.5. The predicted octanol–water partition coefficient (Wildman–Crippen LogP) is 3.73. The van der Waals surface area contributed by atoms with Crippen molar-refractivity contribution in [2.45, 2.75) is 58.0 Å². The summed E-state index contributed by atoms with van der Waals surface area (Å²) in [6, 6.07) is 13.3. The molecule has 1 atom stereocenters. The monoisotopic (exact) mass is 636 g/mol. The van der Waals surface area contributed by atoms with Gasteiger partial charge in [-0.05, 0) is 42.6 Å². The molecular formula is C33H41ClN6O5. The number of halogens is 1. The Morgan fingerprint density at radius 3 is 2.69 bits per heavy atom. The molecule has 2 aromatic carbocycles. The van der Waals surface area contributed by atoms with Gasteiger partial charge in [0.2, 0.25) is 11.8 Å². The lowest BCUT2D eigenvalue weighted by atomic mass is 10.1. The number of anilines is 1. The molecule has 1 saturated carbocycles. The number of para-hydroxylation sites is 1. The first kappa shape index (κ1) is 32.6. The maximum atomic E-state index is 14.1. The minimum atomic E-state index is -0.730. The van der Waals surface area contributed by atoms with Crippen LogP contribution in [0.3, 0.4) is 0 Å². The molecule has 5 rings (SSSR count). The summed E-state index contributed by atoms with van der Waals surface area (Å²) in [5.74, 6) is 0.453. The maximum Gasteiger partial charge on any atom is 0.316 e. The van der Waals surface area contributed by atoms with E-state index in [0.717, 1.165) is 48.4 Å². The predicted molar refractivity (Wildman–Crippen MR) is 171 cm³/mol. The molecule has 2 fully saturated rings. The number of ether oxygens (including phenoxy) is 3. The SMILES string of the molecule is CCNCc1ccc(Cl)c(CN(C(=O)[C@H]2CNCC(=O)N2c2cnc(OCCCOCc3ccccc3OC)nc2)C2CC2)c1. The number of rotatable bonds is 16. The van der Waals surface area contributed by atoms with Crippen molar-refractivity contribution in [3.05, 3.63) is 76.6 Å². The Hall–Kier alpha value is -3.77. The highest BCUT2D eigenvalue weighted by atomic mass is 35.5. The molecule has 1 aromatic heterocycles. The Kier molecular flexibility index (Phi) is 11.6. The van der Waals surface area contributed by atoms with Crippen LogP contribution in [0.1, 0.15) is 42.9 Å². The van der Waals surface area contributed by atoms with Gasteiger partial charge < -0.3 is 29.7 Å². The van der Waals surface area contributed by atoms with Gasteiger partial charge in [0.05, 0.1) is 51.6 Å². The van der Waals surface area contributed by atoms with E-state index >= 15 is 0 Å². The number of methoxy groups -OCH3 is 1.